The summed E-state index contributed by atoms with van der Waals surface area (Å²) in [5, 5.41) is 0. The normalized spacial score (nSPS) is 11.1. The fourth-order valence-electron chi connectivity index (χ4n) is 1.11. The molecule has 0 aliphatic carbocycles. The molecule has 0 N–H and O–H groups in total. The van der Waals surface area contributed by atoms with E-state index in [9.17, 15) is 8.78 Å². The van der Waals surface area contributed by atoms with Gasteiger partial charge in [0, 0.05) is 10.0 Å². The Labute approximate surface area is 103 Å². The van der Waals surface area contributed by atoms with Crippen molar-refractivity contribution in [1.82, 2.24) is 0 Å². The molecule has 0 saturated heterocycles. The summed E-state index contributed by atoms with van der Waals surface area (Å²) in [6, 6.07) is 6.65. The molecule has 0 heterocycles. The van der Waals surface area contributed by atoms with Gasteiger partial charge < -0.3 is 4.43 Å². The van der Waals surface area contributed by atoms with Gasteiger partial charge in [-0.25, -0.2) is 0 Å². The van der Waals surface area contributed by atoms with Gasteiger partial charge in [-0.3, -0.25) is 0 Å². The summed E-state index contributed by atoms with van der Waals surface area (Å²) in [7, 11) is -2.03. The van der Waals surface area contributed by atoms with E-state index in [2.05, 4.69) is 15.9 Å². The fraction of sp³-hybridized carbons (Fsp3) is 0.273. The van der Waals surface area contributed by atoms with Crippen molar-refractivity contribution in [3.05, 3.63) is 40.4 Å². The van der Waals surface area contributed by atoms with Gasteiger partial charge in [-0.1, -0.05) is 15.9 Å². The summed E-state index contributed by atoms with van der Waals surface area (Å²) >= 11 is 3.26. The zero-order valence-electron chi connectivity index (χ0n) is 9.35. The van der Waals surface area contributed by atoms with E-state index < -0.39 is 14.4 Å². The molecule has 1 aromatic rings. The van der Waals surface area contributed by atoms with Crippen molar-refractivity contribution in [2.75, 3.05) is 0 Å². The summed E-state index contributed by atoms with van der Waals surface area (Å²) in [6.07, 6.45) is -1.77. The lowest BCUT2D eigenvalue weighted by Crippen LogP contribution is -2.24. The molecule has 1 rings (SSSR count). The van der Waals surface area contributed by atoms with E-state index in [0.29, 0.717) is 5.56 Å². The molecule has 0 amide bonds. The molecule has 0 aliphatic rings. The minimum absolute atomic E-state index is 0.299. The molecule has 0 bridgehead atoms. The van der Waals surface area contributed by atoms with Gasteiger partial charge in [-0.15, -0.1) is 0 Å². The van der Waals surface area contributed by atoms with Crippen LogP contribution in [0.4, 0.5) is 8.78 Å². The Bertz CT molecular complexity index is 391. The van der Waals surface area contributed by atoms with E-state index in [1.807, 2.05) is 19.6 Å². The second kappa shape index (κ2) is 5.10. The van der Waals surface area contributed by atoms with Crippen LogP contribution >= 0.6 is 15.9 Å². The Morgan fingerprint density at radius 1 is 1.12 bits per heavy atom. The predicted molar refractivity (Wildman–Crippen MR) is 67.7 cm³/mol. The molecule has 0 unspecified atom stereocenters. The summed E-state index contributed by atoms with van der Waals surface area (Å²) < 4.78 is 31.8. The maximum atomic E-state index is 12.8. The first-order valence-electron chi connectivity index (χ1n) is 4.80. The van der Waals surface area contributed by atoms with Crippen LogP contribution in [0.2, 0.25) is 19.6 Å². The minimum Gasteiger partial charge on any atom is -0.540 e. The van der Waals surface area contributed by atoms with Crippen molar-refractivity contribution >= 4 is 30.0 Å². The Hall–Kier alpha value is -0.683. The van der Waals surface area contributed by atoms with Crippen molar-refractivity contribution in [3.8, 4) is 0 Å². The van der Waals surface area contributed by atoms with Crippen molar-refractivity contribution in [1.29, 1.82) is 0 Å². The van der Waals surface area contributed by atoms with E-state index >= 15 is 0 Å². The van der Waals surface area contributed by atoms with Crippen molar-refractivity contribution < 1.29 is 13.2 Å². The molecular weight excluding hydrogens is 294 g/mol. The van der Waals surface area contributed by atoms with Crippen LogP contribution in [0.5, 0.6) is 0 Å². The third kappa shape index (κ3) is 4.06. The third-order valence-corrected chi connectivity index (χ3v) is 3.03. The van der Waals surface area contributed by atoms with Crippen LogP contribution in [0.15, 0.2) is 34.8 Å². The highest BCUT2D eigenvalue weighted by Gasteiger charge is 2.22. The van der Waals surface area contributed by atoms with Crippen molar-refractivity contribution in [3.63, 3.8) is 0 Å². The summed E-state index contributed by atoms with van der Waals surface area (Å²) in [5.41, 5.74) is 0.408. The lowest BCUT2D eigenvalue weighted by Gasteiger charge is -2.21. The molecule has 0 aromatic heterocycles. The molecule has 5 heteroatoms. The molecule has 1 aromatic carbocycles. The van der Waals surface area contributed by atoms with Gasteiger partial charge in [0.25, 0.3) is 0 Å². The zero-order chi connectivity index (χ0) is 12.3. The average Bonchev–Trinajstić information content (AvgIpc) is 2.14. The van der Waals surface area contributed by atoms with Crippen LogP contribution in [0.3, 0.4) is 0 Å². The molecule has 16 heavy (non-hydrogen) atoms. The van der Waals surface area contributed by atoms with E-state index in [0.717, 1.165) is 4.47 Å². The van der Waals surface area contributed by atoms with E-state index in [-0.39, 0.29) is 5.76 Å². The molecule has 0 atom stereocenters. The maximum Gasteiger partial charge on any atom is 0.311 e. The van der Waals surface area contributed by atoms with Gasteiger partial charge in [-0.2, -0.15) is 8.78 Å². The number of halogens is 3. The maximum absolute atomic E-state index is 12.8. The van der Waals surface area contributed by atoms with Gasteiger partial charge in [0.05, 0.1) is 0 Å². The van der Waals surface area contributed by atoms with E-state index in [1.165, 1.54) is 0 Å². The van der Waals surface area contributed by atoms with Crippen LogP contribution in [-0.4, -0.2) is 8.32 Å². The Kier molecular flexibility index (Phi) is 4.26. The molecular formula is C11H13BrF2OSi. The van der Waals surface area contributed by atoms with Crippen LogP contribution in [-0.2, 0) is 4.43 Å². The van der Waals surface area contributed by atoms with E-state index in [4.69, 9.17) is 4.43 Å². The molecule has 0 spiro atoms. The highest BCUT2D eigenvalue weighted by Crippen LogP contribution is 2.27. The molecule has 88 valence electrons. The lowest BCUT2D eigenvalue weighted by atomic mass is 10.2. The first-order valence-corrected chi connectivity index (χ1v) is 9.00. The standard InChI is InChI=1S/C11H13BrF2OSi/c1-16(2,3)15-10(11(13)14)8-4-6-9(12)7-5-8/h4-7H,1-3H3. The number of rotatable bonds is 3. The van der Waals surface area contributed by atoms with Crippen LogP contribution in [0.25, 0.3) is 5.76 Å². The number of hydrogen-bond acceptors (Lipinski definition) is 1. The highest BCUT2D eigenvalue weighted by atomic mass is 79.9. The molecule has 0 fully saturated rings. The molecule has 0 saturated carbocycles. The quantitative estimate of drug-likeness (QED) is 0.572. The summed E-state index contributed by atoms with van der Waals surface area (Å²) in [6.45, 7) is 5.61. The molecule has 1 nitrogen and oxygen atoms in total. The van der Waals surface area contributed by atoms with Gasteiger partial charge in [0.1, 0.15) is 0 Å². The Morgan fingerprint density at radius 2 is 1.62 bits per heavy atom. The highest BCUT2D eigenvalue weighted by molar-refractivity contribution is 9.10. The predicted octanol–water partition coefficient (Wildman–Crippen LogP) is 4.87. The SMILES string of the molecule is C[Si](C)(C)OC(=C(F)F)c1ccc(Br)cc1. The lowest BCUT2D eigenvalue weighted by molar-refractivity contribution is 0.384. The number of benzene rings is 1. The first-order chi connectivity index (χ1) is 7.29. The fourth-order valence-corrected chi connectivity index (χ4v) is 2.19. The third-order valence-electron chi connectivity index (χ3n) is 1.69. The summed E-state index contributed by atoms with van der Waals surface area (Å²) in [5.74, 6) is -0.299. The van der Waals surface area contributed by atoms with Crippen LogP contribution in [0, 0.1) is 0 Å². The van der Waals surface area contributed by atoms with E-state index in [1.54, 1.807) is 24.3 Å². The number of hydrogen-bond donors (Lipinski definition) is 0. The smallest absolute Gasteiger partial charge is 0.311 e. The monoisotopic (exact) mass is 306 g/mol. The average molecular weight is 307 g/mol. The largest absolute Gasteiger partial charge is 0.540 e. The zero-order valence-corrected chi connectivity index (χ0v) is 11.9. The van der Waals surface area contributed by atoms with Gasteiger partial charge in [-0.05, 0) is 43.9 Å². The second-order valence-corrected chi connectivity index (χ2v) is 9.66. The second-order valence-electron chi connectivity index (χ2n) is 4.31. The topological polar surface area (TPSA) is 9.23 Å². The molecule has 0 aliphatic heterocycles. The van der Waals surface area contributed by atoms with Gasteiger partial charge in [0.15, 0.2) is 5.76 Å². The van der Waals surface area contributed by atoms with Crippen molar-refractivity contribution in [2.45, 2.75) is 19.6 Å². The Morgan fingerprint density at radius 3 is 2.00 bits per heavy atom. The van der Waals surface area contributed by atoms with Crippen LogP contribution < -0.4 is 0 Å². The van der Waals surface area contributed by atoms with Gasteiger partial charge >= 0.3 is 6.08 Å². The first kappa shape index (κ1) is 13.4. The molecule has 0 radical (unpaired) electrons. The Balaban J connectivity index is 3.06. The van der Waals surface area contributed by atoms with Crippen LogP contribution in [0.1, 0.15) is 5.56 Å². The van der Waals surface area contributed by atoms with Gasteiger partial charge in [0.2, 0.25) is 8.32 Å². The van der Waals surface area contributed by atoms with Crippen molar-refractivity contribution in [2.24, 2.45) is 0 Å². The minimum atomic E-state index is -2.03. The summed E-state index contributed by atoms with van der Waals surface area (Å²) in [4.78, 5) is 0.